The van der Waals surface area contributed by atoms with Crippen LogP contribution in [0.15, 0.2) is 18.2 Å². The molecule has 0 aromatic heterocycles. The predicted molar refractivity (Wildman–Crippen MR) is 69.4 cm³/mol. The Morgan fingerprint density at radius 2 is 1.76 bits per heavy atom. The molecule has 0 aliphatic carbocycles. The lowest BCUT2D eigenvalue weighted by atomic mass is 10.1. The molecule has 1 fully saturated rings. The van der Waals surface area contributed by atoms with Crippen LogP contribution in [0.4, 0.5) is 11.4 Å². The highest BCUT2D eigenvalue weighted by Crippen LogP contribution is 2.31. The second-order valence-corrected chi connectivity index (χ2v) is 4.47. The maximum absolute atomic E-state index is 6.05. The number of nitrogens with two attached hydrogens (primary N) is 1. The monoisotopic (exact) mass is 236 g/mol. The van der Waals surface area contributed by atoms with Gasteiger partial charge in [-0.25, -0.2) is 0 Å². The number of para-hydroxylation sites is 1. The summed E-state index contributed by atoms with van der Waals surface area (Å²) in [6.07, 6.45) is 0.220. The van der Waals surface area contributed by atoms with Crippen molar-refractivity contribution in [2.45, 2.75) is 19.1 Å². The molecule has 2 atom stereocenters. The molecule has 0 bridgehead atoms. The molecular weight excluding hydrogens is 216 g/mol. The van der Waals surface area contributed by atoms with E-state index in [2.05, 4.69) is 17.9 Å². The first kappa shape index (κ1) is 12.2. The van der Waals surface area contributed by atoms with Gasteiger partial charge in [0.15, 0.2) is 0 Å². The van der Waals surface area contributed by atoms with Gasteiger partial charge in [-0.1, -0.05) is 12.1 Å². The highest BCUT2D eigenvalue weighted by Gasteiger charge is 2.34. The van der Waals surface area contributed by atoms with E-state index in [1.165, 1.54) is 5.56 Å². The summed E-state index contributed by atoms with van der Waals surface area (Å²) in [4.78, 5) is 2.24. The van der Waals surface area contributed by atoms with Crippen molar-refractivity contribution in [2.75, 3.05) is 37.9 Å². The highest BCUT2D eigenvalue weighted by atomic mass is 16.5. The summed E-state index contributed by atoms with van der Waals surface area (Å²) >= 11 is 0. The summed E-state index contributed by atoms with van der Waals surface area (Å²) in [5.41, 5.74) is 9.16. The first-order valence-corrected chi connectivity index (χ1v) is 5.83. The lowest BCUT2D eigenvalue weighted by Gasteiger charge is -2.22. The van der Waals surface area contributed by atoms with Crippen LogP contribution in [0.1, 0.15) is 5.56 Å². The Hall–Kier alpha value is -1.26. The van der Waals surface area contributed by atoms with E-state index in [0.717, 1.165) is 24.5 Å². The average Bonchev–Trinajstić information content (AvgIpc) is 2.72. The van der Waals surface area contributed by atoms with Crippen LogP contribution >= 0.6 is 0 Å². The molecule has 2 rings (SSSR count). The van der Waals surface area contributed by atoms with Gasteiger partial charge in [-0.2, -0.15) is 0 Å². The Morgan fingerprint density at radius 1 is 1.18 bits per heavy atom. The van der Waals surface area contributed by atoms with Gasteiger partial charge in [0.2, 0.25) is 0 Å². The number of rotatable bonds is 3. The van der Waals surface area contributed by atoms with E-state index in [0.29, 0.717) is 0 Å². The third-order valence-electron chi connectivity index (χ3n) is 3.41. The van der Waals surface area contributed by atoms with Crippen molar-refractivity contribution < 1.29 is 9.47 Å². The molecule has 4 heteroatoms. The normalized spacial score (nSPS) is 24.3. The summed E-state index contributed by atoms with van der Waals surface area (Å²) < 4.78 is 10.9. The van der Waals surface area contributed by atoms with Crippen molar-refractivity contribution in [2.24, 2.45) is 0 Å². The fourth-order valence-electron chi connectivity index (χ4n) is 2.49. The molecule has 17 heavy (non-hydrogen) atoms. The van der Waals surface area contributed by atoms with E-state index in [-0.39, 0.29) is 12.2 Å². The Kier molecular flexibility index (Phi) is 3.54. The number of methoxy groups -OCH3 is 2. The van der Waals surface area contributed by atoms with E-state index in [1.54, 1.807) is 14.2 Å². The van der Waals surface area contributed by atoms with Crippen LogP contribution in [0.25, 0.3) is 0 Å². The number of hydrogen-bond donors (Lipinski definition) is 1. The Balaban J connectivity index is 2.25. The van der Waals surface area contributed by atoms with Crippen LogP contribution in [0, 0.1) is 6.92 Å². The van der Waals surface area contributed by atoms with Crippen molar-refractivity contribution in [3.8, 4) is 0 Å². The molecule has 0 amide bonds. The Morgan fingerprint density at radius 3 is 2.24 bits per heavy atom. The van der Waals surface area contributed by atoms with Crippen molar-refractivity contribution in [1.29, 1.82) is 0 Å². The largest absolute Gasteiger partial charge is 0.397 e. The summed E-state index contributed by atoms with van der Waals surface area (Å²) in [7, 11) is 3.45. The van der Waals surface area contributed by atoms with E-state index >= 15 is 0 Å². The maximum atomic E-state index is 6.05. The van der Waals surface area contributed by atoms with Gasteiger partial charge in [-0.3, -0.25) is 0 Å². The number of nitrogen functional groups attached to an aromatic ring is 1. The zero-order valence-electron chi connectivity index (χ0n) is 10.6. The molecule has 1 aliphatic rings. The summed E-state index contributed by atoms with van der Waals surface area (Å²) in [6.45, 7) is 3.72. The zero-order chi connectivity index (χ0) is 12.4. The molecule has 94 valence electrons. The highest BCUT2D eigenvalue weighted by molar-refractivity contribution is 5.72. The minimum Gasteiger partial charge on any atom is -0.397 e. The molecule has 1 aromatic rings. The molecule has 0 radical (unpaired) electrons. The number of benzene rings is 1. The Labute approximate surface area is 102 Å². The first-order valence-electron chi connectivity index (χ1n) is 5.83. The van der Waals surface area contributed by atoms with Gasteiger partial charge in [0.05, 0.1) is 11.4 Å². The molecule has 2 unspecified atom stereocenters. The van der Waals surface area contributed by atoms with Crippen LogP contribution in [0.2, 0.25) is 0 Å². The van der Waals surface area contributed by atoms with Crippen LogP contribution in [-0.4, -0.2) is 39.5 Å². The zero-order valence-corrected chi connectivity index (χ0v) is 10.6. The molecule has 4 nitrogen and oxygen atoms in total. The minimum absolute atomic E-state index is 0.110. The van der Waals surface area contributed by atoms with Gasteiger partial charge in [0.25, 0.3) is 0 Å². The SMILES string of the molecule is COC1CN(c2c(C)cccc2N)CC1OC. The smallest absolute Gasteiger partial charge is 0.102 e. The molecule has 1 saturated heterocycles. The van der Waals surface area contributed by atoms with Crippen molar-refractivity contribution >= 4 is 11.4 Å². The summed E-state index contributed by atoms with van der Waals surface area (Å²) in [5, 5.41) is 0. The quantitative estimate of drug-likeness (QED) is 0.806. The van der Waals surface area contributed by atoms with Gasteiger partial charge in [0.1, 0.15) is 12.2 Å². The molecule has 0 saturated carbocycles. The number of anilines is 2. The van der Waals surface area contributed by atoms with Crippen molar-refractivity contribution in [3.63, 3.8) is 0 Å². The molecule has 0 spiro atoms. The number of hydrogen-bond acceptors (Lipinski definition) is 4. The van der Waals surface area contributed by atoms with Gasteiger partial charge in [-0.05, 0) is 18.6 Å². The first-order chi connectivity index (χ1) is 8.17. The van der Waals surface area contributed by atoms with Gasteiger partial charge >= 0.3 is 0 Å². The second kappa shape index (κ2) is 4.94. The lowest BCUT2D eigenvalue weighted by Crippen LogP contribution is -2.27. The van der Waals surface area contributed by atoms with Crippen LogP contribution in [0.5, 0.6) is 0 Å². The lowest BCUT2D eigenvalue weighted by molar-refractivity contribution is -0.00461. The van der Waals surface area contributed by atoms with Crippen LogP contribution in [0.3, 0.4) is 0 Å². The maximum Gasteiger partial charge on any atom is 0.102 e. The van der Waals surface area contributed by atoms with E-state index in [1.807, 2.05) is 12.1 Å². The van der Waals surface area contributed by atoms with Gasteiger partial charge in [0, 0.05) is 27.3 Å². The summed E-state index contributed by atoms with van der Waals surface area (Å²) in [6, 6.07) is 5.99. The van der Waals surface area contributed by atoms with Gasteiger partial charge in [-0.15, -0.1) is 0 Å². The van der Waals surface area contributed by atoms with E-state index in [9.17, 15) is 0 Å². The topological polar surface area (TPSA) is 47.7 Å². The minimum atomic E-state index is 0.110. The van der Waals surface area contributed by atoms with Crippen LogP contribution < -0.4 is 10.6 Å². The second-order valence-electron chi connectivity index (χ2n) is 4.47. The molecular formula is C13H20N2O2. The standard InChI is InChI=1S/C13H20N2O2/c1-9-5-4-6-10(14)13(9)15-7-11(16-2)12(8-15)17-3/h4-6,11-12H,7-8,14H2,1-3H3. The number of nitrogens with zero attached hydrogens (tertiary/aromatic N) is 1. The number of aryl methyl sites for hydroxylation is 1. The number of ether oxygens (including phenoxy) is 2. The fourth-order valence-corrected chi connectivity index (χ4v) is 2.49. The van der Waals surface area contributed by atoms with Gasteiger partial charge < -0.3 is 20.1 Å². The molecule has 1 aromatic carbocycles. The van der Waals surface area contributed by atoms with E-state index < -0.39 is 0 Å². The molecule has 1 aliphatic heterocycles. The molecule has 1 heterocycles. The van der Waals surface area contributed by atoms with E-state index in [4.69, 9.17) is 15.2 Å². The fraction of sp³-hybridized carbons (Fsp3) is 0.538. The third kappa shape index (κ3) is 2.23. The summed E-state index contributed by atoms with van der Waals surface area (Å²) in [5.74, 6) is 0. The average molecular weight is 236 g/mol. The molecule has 2 N–H and O–H groups in total. The Bertz CT molecular complexity index is 363. The third-order valence-corrected chi connectivity index (χ3v) is 3.41. The predicted octanol–water partition coefficient (Wildman–Crippen LogP) is 1.43. The van der Waals surface area contributed by atoms with Crippen molar-refractivity contribution in [3.05, 3.63) is 23.8 Å². The van der Waals surface area contributed by atoms with Crippen LogP contribution in [-0.2, 0) is 9.47 Å². The van der Waals surface area contributed by atoms with Crippen molar-refractivity contribution in [1.82, 2.24) is 0 Å².